The van der Waals surface area contributed by atoms with Gasteiger partial charge in [-0.1, -0.05) is 36.7 Å². The van der Waals surface area contributed by atoms with Crippen LogP contribution in [0.1, 0.15) is 40.4 Å². The summed E-state index contributed by atoms with van der Waals surface area (Å²) >= 11 is 7.50. The molecule has 1 heterocycles. The summed E-state index contributed by atoms with van der Waals surface area (Å²) in [5, 5.41) is 6.12. The monoisotopic (exact) mass is 323 g/mol. The number of carbonyl (C=O) groups excluding carboxylic acids is 1. The summed E-state index contributed by atoms with van der Waals surface area (Å²) in [4.78, 5) is 16.3. The summed E-state index contributed by atoms with van der Waals surface area (Å²) in [6, 6.07) is 7.52. The Morgan fingerprint density at radius 1 is 1.48 bits per heavy atom. The van der Waals surface area contributed by atoms with E-state index in [4.69, 9.17) is 17.3 Å². The van der Waals surface area contributed by atoms with Crippen molar-refractivity contribution in [3.63, 3.8) is 0 Å². The third-order valence-electron chi connectivity index (χ3n) is 3.15. The Morgan fingerprint density at radius 3 is 2.95 bits per heavy atom. The summed E-state index contributed by atoms with van der Waals surface area (Å²) in [6.45, 7) is 2.52. The molecule has 0 spiro atoms. The van der Waals surface area contributed by atoms with Crippen molar-refractivity contribution in [2.45, 2.75) is 25.8 Å². The van der Waals surface area contributed by atoms with E-state index in [1.807, 2.05) is 31.2 Å². The number of nitrogens with zero attached hydrogens (tertiary/aromatic N) is 1. The molecule has 1 unspecified atom stereocenters. The zero-order valence-corrected chi connectivity index (χ0v) is 13.4. The average molecular weight is 324 g/mol. The van der Waals surface area contributed by atoms with Crippen LogP contribution >= 0.6 is 22.9 Å². The number of amides is 1. The number of nitrogens with two attached hydrogens (primary N) is 1. The molecule has 0 saturated heterocycles. The van der Waals surface area contributed by atoms with Crippen molar-refractivity contribution in [2.24, 2.45) is 5.73 Å². The predicted octanol–water partition coefficient (Wildman–Crippen LogP) is 3.18. The fourth-order valence-corrected chi connectivity index (χ4v) is 2.95. The first-order valence-corrected chi connectivity index (χ1v) is 8.10. The SMILES string of the molecule is CCC(N)c1nc(C(=O)NCCc2ccccc2Cl)cs1. The minimum Gasteiger partial charge on any atom is -0.350 e. The maximum absolute atomic E-state index is 12.0. The van der Waals surface area contributed by atoms with Crippen molar-refractivity contribution in [1.29, 1.82) is 0 Å². The number of aromatic nitrogens is 1. The minimum absolute atomic E-state index is 0.0975. The Labute approximate surface area is 133 Å². The lowest BCUT2D eigenvalue weighted by atomic mass is 10.1. The Balaban J connectivity index is 1.87. The molecule has 0 fully saturated rings. The van der Waals surface area contributed by atoms with E-state index in [1.165, 1.54) is 11.3 Å². The smallest absolute Gasteiger partial charge is 0.270 e. The predicted molar refractivity (Wildman–Crippen MR) is 86.8 cm³/mol. The van der Waals surface area contributed by atoms with Gasteiger partial charge in [-0.05, 0) is 24.5 Å². The van der Waals surface area contributed by atoms with Gasteiger partial charge in [0.2, 0.25) is 0 Å². The lowest BCUT2D eigenvalue weighted by molar-refractivity contribution is 0.0949. The molecule has 0 aliphatic carbocycles. The molecule has 4 nitrogen and oxygen atoms in total. The standard InChI is InChI=1S/C15H18ClN3OS/c1-2-12(17)15-19-13(9-21-15)14(20)18-8-7-10-5-3-4-6-11(10)16/h3-6,9,12H,2,7-8,17H2,1H3,(H,18,20). The summed E-state index contributed by atoms with van der Waals surface area (Å²) < 4.78 is 0. The Bertz CT molecular complexity index is 614. The van der Waals surface area contributed by atoms with Crippen LogP contribution in [0.25, 0.3) is 0 Å². The number of hydrogen-bond donors (Lipinski definition) is 2. The lowest BCUT2D eigenvalue weighted by Crippen LogP contribution is -2.26. The molecule has 2 rings (SSSR count). The molecule has 0 aliphatic rings. The molecule has 1 amide bonds. The van der Waals surface area contributed by atoms with Gasteiger partial charge >= 0.3 is 0 Å². The molecular formula is C15H18ClN3OS. The molecule has 1 atom stereocenters. The molecule has 2 aromatic rings. The number of rotatable bonds is 6. The van der Waals surface area contributed by atoms with E-state index in [0.717, 1.165) is 22.0 Å². The average Bonchev–Trinajstić information content (AvgIpc) is 2.98. The van der Waals surface area contributed by atoms with Gasteiger partial charge in [-0.3, -0.25) is 4.79 Å². The fourth-order valence-electron chi connectivity index (χ4n) is 1.84. The van der Waals surface area contributed by atoms with E-state index < -0.39 is 0 Å². The highest BCUT2D eigenvalue weighted by atomic mass is 35.5. The van der Waals surface area contributed by atoms with Crippen molar-refractivity contribution < 1.29 is 4.79 Å². The molecule has 6 heteroatoms. The number of hydrogen-bond acceptors (Lipinski definition) is 4. The Morgan fingerprint density at radius 2 is 2.24 bits per heavy atom. The molecular weight excluding hydrogens is 306 g/mol. The second kappa shape index (κ2) is 7.54. The highest BCUT2D eigenvalue weighted by Gasteiger charge is 2.13. The van der Waals surface area contributed by atoms with Gasteiger partial charge in [-0.25, -0.2) is 4.98 Å². The molecule has 112 valence electrons. The first-order valence-electron chi connectivity index (χ1n) is 6.84. The molecule has 21 heavy (non-hydrogen) atoms. The topological polar surface area (TPSA) is 68.0 Å². The van der Waals surface area contributed by atoms with Gasteiger partial charge in [-0.15, -0.1) is 11.3 Å². The largest absolute Gasteiger partial charge is 0.350 e. The van der Waals surface area contributed by atoms with Crippen LogP contribution in [0.2, 0.25) is 5.02 Å². The van der Waals surface area contributed by atoms with Crippen LogP contribution in [0.15, 0.2) is 29.6 Å². The van der Waals surface area contributed by atoms with Crippen LogP contribution in [0.4, 0.5) is 0 Å². The zero-order chi connectivity index (χ0) is 15.2. The van der Waals surface area contributed by atoms with Crippen LogP contribution in [-0.4, -0.2) is 17.4 Å². The zero-order valence-electron chi connectivity index (χ0n) is 11.8. The number of nitrogens with one attached hydrogen (secondary N) is 1. The van der Waals surface area contributed by atoms with Crippen LogP contribution < -0.4 is 11.1 Å². The number of thiazole rings is 1. The third kappa shape index (κ3) is 4.27. The van der Waals surface area contributed by atoms with E-state index in [-0.39, 0.29) is 11.9 Å². The van der Waals surface area contributed by atoms with Gasteiger partial charge in [0.05, 0.1) is 6.04 Å². The normalized spacial score (nSPS) is 12.1. The van der Waals surface area contributed by atoms with Crippen LogP contribution in [0.3, 0.4) is 0 Å². The van der Waals surface area contributed by atoms with E-state index in [9.17, 15) is 4.79 Å². The Kier molecular flexibility index (Phi) is 5.73. The highest BCUT2D eigenvalue weighted by Crippen LogP contribution is 2.19. The summed E-state index contributed by atoms with van der Waals surface area (Å²) in [5.41, 5.74) is 7.35. The fraction of sp³-hybridized carbons (Fsp3) is 0.333. The second-order valence-electron chi connectivity index (χ2n) is 4.68. The van der Waals surface area contributed by atoms with E-state index in [0.29, 0.717) is 18.7 Å². The van der Waals surface area contributed by atoms with E-state index >= 15 is 0 Å². The molecule has 1 aromatic heterocycles. The maximum atomic E-state index is 12.0. The Hall–Kier alpha value is -1.43. The van der Waals surface area contributed by atoms with Gasteiger partial charge in [-0.2, -0.15) is 0 Å². The lowest BCUT2D eigenvalue weighted by Gasteiger charge is -2.05. The molecule has 0 bridgehead atoms. The van der Waals surface area contributed by atoms with Crippen LogP contribution in [0.5, 0.6) is 0 Å². The van der Waals surface area contributed by atoms with Crippen molar-refractivity contribution in [1.82, 2.24) is 10.3 Å². The first kappa shape index (κ1) is 15.9. The molecule has 0 aliphatic heterocycles. The molecule has 0 radical (unpaired) electrons. The van der Waals surface area contributed by atoms with Crippen molar-refractivity contribution >= 4 is 28.8 Å². The van der Waals surface area contributed by atoms with Gasteiger partial charge in [0, 0.05) is 16.9 Å². The van der Waals surface area contributed by atoms with Crippen LogP contribution in [-0.2, 0) is 6.42 Å². The minimum atomic E-state index is -0.173. The number of carbonyl (C=O) groups is 1. The quantitative estimate of drug-likeness (QED) is 0.858. The maximum Gasteiger partial charge on any atom is 0.270 e. The molecule has 3 N–H and O–H groups in total. The van der Waals surface area contributed by atoms with Crippen molar-refractivity contribution in [3.05, 3.63) is 50.9 Å². The molecule has 1 aromatic carbocycles. The van der Waals surface area contributed by atoms with Gasteiger partial charge in [0.25, 0.3) is 5.91 Å². The van der Waals surface area contributed by atoms with Gasteiger partial charge in [0.15, 0.2) is 0 Å². The summed E-state index contributed by atoms with van der Waals surface area (Å²) in [5.74, 6) is -0.173. The van der Waals surface area contributed by atoms with Gasteiger partial charge in [0.1, 0.15) is 10.7 Å². The van der Waals surface area contributed by atoms with Crippen LogP contribution in [0, 0.1) is 0 Å². The van der Waals surface area contributed by atoms with Crippen molar-refractivity contribution in [2.75, 3.05) is 6.54 Å². The highest BCUT2D eigenvalue weighted by molar-refractivity contribution is 7.09. The summed E-state index contributed by atoms with van der Waals surface area (Å²) in [7, 11) is 0. The first-order chi connectivity index (χ1) is 10.1. The molecule has 0 saturated carbocycles. The van der Waals surface area contributed by atoms with Crippen molar-refractivity contribution in [3.8, 4) is 0 Å². The van der Waals surface area contributed by atoms with Gasteiger partial charge < -0.3 is 11.1 Å². The third-order valence-corrected chi connectivity index (χ3v) is 4.49. The van der Waals surface area contributed by atoms with E-state index in [2.05, 4.69) is 10.3 Å². The van der Waals surface area contributed by atoms with E-state index in [1.54, 1.807) is 5.38 Å². The number of benzene rings is 1. The summed E-state index contributed by atoms with van der Waals surface area (Å²) in [6.07, 6.45) is 1.50. The number of halogens is 1. The second-order valence-corrected chi connectivity index (χ2v) is 5.98.